The first kappa shape index (κ1) is 21.8. The predicted octanol–water partition coefficient (Wildman–Crippen LogP) is 5.21. The maximum absolute atomic E-state index is 14.0. The van der Waals surface area contributed by atoms with Gasteiger partial charge in [0.25, 0.3) is 5.91 Å². The molecule has 7 aliphatic rings. The Morgan fingerprint density at radius 1 is 0.944 bits per heavy atom. The summed E-state index contributed by atoms with van der Waals surface area (Å²) in [6.07, 6.45) is 11.0. The van der Waals surface area contributed by atoms with E-state index in [1.54, 1.807) is 4.90 Å². The van der Waals surface area contributed by atoms with Gasteiger partial charge in [-0.05, 0) is 86.2 Å². The monoisotopic (exact) mass is 485 g/mol. The normalized spacial score (nSPS) is 45.4. The maximum Gasteiger partial charge on any atom is 0.272 e. The van der Waals surface area contributed by atoms with E-state index in [-0.39, 0.29) is 40.4 Å². The molecule has 5 aliphatic heterocycles. The maximum atomic E-state index is 14.0. The number of fused-ring (bicyclic) bond motifs is 8. The van der Waals surface area contributed by atoms with Crippen LogP contribution in [0.3, 0.4) is 0 Å². The lowest BCUT2D eigenvalue weighted by Gasteiger charge is -2.68. The van der Waals surface area contributed by atoms with Crippen LogP contribution in [0.15, 0.2) is 36.0 Å². The van der Waals surface area contributed by atoms with Crippen LogP contribution in [0.1, 0.15) is 84.6 Å². The summed E-state index contributed by atoms with van der Waals surface area (Å²) < 4.78 is 0. The van der Waals surface area contributed by atoms with Crippen molar-refractivity contribution in [2.24, 2.45) is 22.7 Å². The van der Waals surface area contributed by atoms with E-state index in [9.17, 15) is 9.59 Å². The molecule has 0 N–H and O–H groups in total. The van der Waals surface area contributed by atoms with Crippen molar-refractivity contribution in [1.29, 1.82) is 0 Å². The number of nitrogens with zero attached hydrogens (tertiary/aromatic N) is 3. The number of amides is 2. The highest BCUT2D eigenvalue weighted by Crippen LogP contribution is 2.72. The summed E-state index contributed by atoms with van der Waals surface area (Å²) in [5, 5.41) is 0. The molecule has 8 rings (SSSR count). The van der Waals surface area contributed by atoms with Gasteiger partial charge >= 0.3 is 0 Å². The van der Waals surface area contributed by atoms with Crippen LogP contribution in [0, 0.1) is 22.7 Å². The first-order chi connectivity index (χ1) is 17.1. The van der Waals surface area contributed by atoms with E-state index in [2.05, 4.69) is 61.8 Å². The number of hydrogen-bond acceptors (Lipinski definition) is 3. The molecule has 2 bridgehead atoms. The summed E-state index contributed by atoms with van der Waals surface area (Å²) in [7, 11) is 0. The van der Waals surface area contributed by atoms with Gasteiger partial charge < -0.3 is 14.7 Å². The Bertz CT molecular complexity index is 1250. The molecular formula is C31H39N3O2. The lowest BCUT2D eigenvalue weighted by Crippen LogP contribution is -2.73. The van der Waals surface area contributed by atoms with Crippen molar-refractivity contribution >= 4 is 17.5 Å². The van der Waals surface area contributed by atoms with Crippen LogP contribution in [0.25, 0.3) is 0 Å². The average molecular weight is 486 g/mol. The molecule has 190 valence electrons. The molecule has 2 amide bonds. The number of rotatable bonds is 0. The molecule has 1 aromatic rings. The van der Waals surface area contributed by atoms with E-state index >= 15 is 0 Å². The number of carbonyl (C=O) groups is 2. The third-order valence-electron chi connectivity index (χ3n) is 12.5. The second kappa shape index (κ2) is 6.39. The Kier molecular flexibility index (Phi) is 3.86. The van der Waals surface area contributed by atoms with Gasteiger partial charge in [-0.2, -0.15) is 0 Å². The fraction of sp³-hybridized carbons (Fsp3) is 0.677. The summed E-state index contributed by atoms with van der Waals surface area (Å²) in [6.45, 7) is 10.8. The minimum absolute atomic E-state index is 0.0150. The van der Waals surface area contributed by atoms with E-state index in [0.29, 0.717) is 23.6 Å². The molecule has 0 spiro atoms. The Morgan fingerprint density at radius 2 is 1.75 bits per heavy atom. The first-order valence-corrected chi connectivity index (χ1v) is 14.4. The van der Waals surface area contributed by atoms with E-state index in [1.165, 1.54) is 36.9 Å². The van der Waals surface area contributed by atoms with Crippen LogP contribution in [-0.2, 0) is 15.0 Å². The molecule has 3 saturated heterocycles. The molecule has 5 heteroatoms. The first-order valence-electron chi connectivity index (χ1n) is 14.4. The zero-order valence-corrected chi connectivity index (χ0v) is 22.2. The van der Waals surface area contributed by atoms with Gasteiger partial charge in [-0.15, -0.1) is 0 Å². The van der Waals surface area contributed by atoms with Crippen molar-refractivity contribution in [3.8, 4) is 0 Å². The van der Waals surface area contributed by atoms with Crippen molar-refractivity contribution in [2.45, 2.75) is 102 Å². The summed E-state index contributed by atoms with van der Waals surface area (Å²) in [5.74, 6) is 1.53. The average Bonchev–Trinajstić information content (AvgIpc) is 3.50. The number of piperazine rings is 1. The molecule has 2 aliphatic carbocycles. The topological polar surface area (TPSA) is 43.9 Å². The Labute approximate surface area is 214 Å². The highest BCUT2D eigenvalue weighted by atomic mass is 16.2. The number of piperidine rings is 1. The summed E-state index contributed by atoms with van der Waals surface area (Å²) in [6, 6.07) is 8.64. The van der Waals surface area contributed by atoms with Crippen LogP contribution >= 0.6 is 0 Å². The third kappa shape index (κ3) is 2.19. The van der Waals surface area contributed by atoms with E-state index in [4.69, 9.17) is 0 Å². The second-order valence-corrected chi connectivity index (χ2v) is 14.3. The number of hydrogen-bond donors (Lipinski definition) is 0. The number of benzene rings is 1. The Balaban J connectivity index is 1.33. The van der Waals surface area contributed by atoms with Gasteiger partial charge in [0.05, 0.1) is 0 Å². The molecule has 0 radical (unpaired) electrons. The molecule has 2 saturated carbocycles. The molecular weight excluding hydrogens is 446 g/mol. The SMILES string of the molecule is CC1(C)CCC[C@]2(C)[C@H]3C[C@@]45C[C@H]6C(=O)N7CCC=C7C(=O)N6[C@@H]4N(c4ccccc45)[C@]3(C)CC[C@@H]12. The smallest absolute Gasteiger partial charge is 0.272 e. The number of para-hydroxylation sites is 1. The van der Waals surface area contributed by atoms with Gasteiger partial charge in [0.1, 0.15) is 17.9 Å². The second-order valence-electron chi connectivity index (χ2n) is 14.3. The van der Waals surface area contributed by atoms with E-state index < -0.39 is 0 Å². The fourth-order valence-electron chi connectivity index (χ4n) is 11.2. The van der Waals surface area contributed by atoms with Crippen LogP contribution < -0.4 is 4.90 Å². The molecule has 5 heterocycles. The minimum atomic E-state index is -0.330. The van der Waals surface area contributed by atoms with Gasteiger partial charge in [-0.1, -0.05) is 51.5 Å². The van der Waals surface area contributed by atoms with Crippen LogP contribution in [0.5, 0.6) is 0 Å². The molecule has 5 nitrogen and oxygen atoms in total. The summed E-state index contributed by atoms with van der Waals surface area (Å²) >= 11 is 0. The molecule has 36 heavy (non-hydrogen) atoms. The van der Waals surface area contributed by atoms with E-state index in [0.717, 1.165) is 31.6 Å². The Hall–Kier alpha value is -2.30. The zero-order valence-electron chi connectivity index (χ0n) is 22.2. The van der Waals surface area contributed by atoms with Crippen molar-refractivity contribution in [1.82, 2.24) is 9.80 Å². The van der Waals surface area contributed by atoms with Gasteiger partial charge in [-0.25, -0.2) is 0 Å². The standard InChI is InChI=1S/C31H39N3O2/c1-28(2)13-8-14-29(3)23(28)12-15-30(4)24(29)18-31-17-22-25(35)32-16-7-11-21(32)26(36)33(22)27(31)34(30)20-10-6-5-9-19(20)31/h5-6,9-11,22-24,27H,7-8,12-18H2,1-4H3/t22-,23-,24+,27+,29-,30+,31+/m0/s1. The van der Waals surface area contributed by atoms with Crippen LogP contribution in [0.2, 0.25) is 0 Å². The largest absolute Gasteiger partial charge is 0.344 e. The highest BCUT2D eigenvalue weighted by Gasteiger charge is 2.75. The zero-order chi connectivity index (χ0) is 24.8. The van der Waals surface area contributed by atoms with Gasteiger partial charge in [0.15, 0.2) is 0 Å². The van der Waals surface area contributed by atoms with Crippen molar-refractivity contribution in [3.05, 3.63) is 41.6 Å². The van der Waals surface area contributed by atoms with Gasteiger partial charge in [-0.3, -0.25) is 9.59 Å². The Morgan fingerprint density at radius 3 is 2.58 bits per heavy atom. The number of carbonyl (C=O) groups excluding carboxylic acids is 2. The van der Waals surface area contributed by atoms with Crippen molar-refractivity contribution in [2.75, 3.05) is 11.4 Å². The van der Waals surface area contributed by atoms with Crippen LogP contribution in [0.4, 0.5) is 5.69 Å². The molecule has 0 unspecified atom stereocenters. The predicted molar refractivity (Wildman–Crippen MR) is 139 cm³/mol. The highest BCUT2D eigenvalue weighted by molar-refractivity contribution is 6.06. The van der Waals surface area contributed by atoms with Gasteiger partial charge in [0, 0.05) is 23.2 Å². The van der Waals surface area contributed by atoms with E-state index in [1.807, 2.05) is 6.08 Å². The molecule has 0 aromatic heterocycles. The minimum Gasteiger partial charge on any atom is -0.344 e. The fourth-order valence-corrected chi connectivity index (χ4v) is 11.2. The van der Waals surface area contributed by atoms with Gasteiger partial charge in [0.2, 0.25) is 5.91 Å². The number of anilines is 1. The quantitative estimate of drug-likeness (QED) is 0.507. The summed E-state index contributed by atoms with van der Waals surface area (Å²) in [5.41, 5.74) is 3.83. The molecule has 5 fully saturated rings. The molecule has 1 aromatic carbocycles. The van der Waals surface area contributed by atoms with Crippen molar-refractivity contribution < 1.29 is 9.59 Å². The summed E-state index contributed by atoms with van der Waals surface area (Å²) in [4.78, 5) is 34.4. The lowest BCUT2D eigenvalue weighted by atomic mass is 9.42. The van der Waals surface area contributed by atoms with Crippen molar-refractivity contribution in [3.63, 3.8) is 0 Å². The van der Waals surface area contributed by atoms with Crippen LogP contribution in [-0.4, -0.2) is 45.9 Å². The lowest BCUT2D eigenvalue weighted by molar-refractivity contribution is -0.153. The third-order valence-corrected chi connectivity index (χ3v) is 12.5. The molecule has 7 atom stereocenters.